The first-order chi connectivity index (χ1) is 18.0. The highest BCUT2D eigenvalue weighted by molar-refractivity contribution is 6.42. The van der Waals surface area contributed by atoms with Crippen molar-refractivity contribution in [1.29, 1.82) is 0 Å². The van der Waals surface area contributed by atoms with Gasteiger partial charge < -0.3 is 13.6 Å². The van der Waals surface area contributed by atoms with Crippen LogP contribution in [0.1, 0.15) is 5.76 Å². The Morgan fingerprint density at radius 3 is 2.59 bits per heavy atom. The predicted molar refractivity (Wildman–Crippen MR) is 145 cm³/mol. The maximum absolute atomic E-state index is 13.5. The van der Waals surface area contributed by atoms with Crippen LogP contribution in [-0.4, -0.2) is 23.0 Å². The molecule has 3 aromatic heterocycles. The quantitative estimate of drug-likeness (QED) is 0.219. The number of para-hydroxylation sites is 1. The number of rotatable bonds is 5. The lowest BCUT2D eigenvalue weighted by molar-refractivity contribution is 0.419. The number of halogens is 2. The van der Waals surface area contributed by atoms with E-state index in [1.165, 1.54) is 10.9 Å². The van der Waals surface area contributed by atoms with Crippen LogP contribution in [0, 0.1) is 0 Å². The number of furan rings is 2. The van der Waals surface area contributed by atoms with Crippen molar-refractivity contribution in [3.05, 3.63) is 105 Å². The molecule has 0 N–H and O–H groups in total. The van der Waals surface area contributed by atoms with Gasteiger partial charge in [-0.3, -0.25) is 4.79 Å². The summed E-state index contributed by atoms with van der Waals surface area (Å²) in [7, 11) is 1.59. The zero-order chi connectivity index (χ0) is 25.5. The molecule has 0 amide bonds. The largest absolute Gasteiger partial charge is 0.496 e. The summed E-state index contributed by atoms with van der Waals surface area (Å²) < 4.78 is 18.6. The van der Waals surface area contributed by atoms with E-state index in [1.54, 1.807) is 61.7 Å². The Kier molecular flexibility index (Phi) is 5.79. The average Bonchev–Trinajstić information content (AvgIpc) is 3.57. The minimum absolute atomic E-state index is 0.245. The van der Waals surface area contributed by atoms with Crippen molar-refractivity contribution < 1.29 is 13.6 Å². The molecule has 0 saturated heterocycles. The molecule has 0 saturated carbocycles. The Balaban J connectivity index is 1.47. The van der Waals surface area contributed by atoms with Gasteiger partial charge in [0.05, 0.1) is 39.7 Å². The van der Waals surface area contributed by atoms with Crippen LogP contribution in [0.25, 0.3) is 44.8 Å². The number of fused-ring (bicyclic) bond motifs is 2. The molecule has 37 heavy (non-hydrogen) atoms. The monoisotopic (exact) mass is 529 g/mol. The molecule has 0 aliphatic heterocycles. The third-order valence-electron chi connectivity index (χ3n) is 5.85. The second-order valence-electron chi connectivity index (χ2n) is 8.13. The van der Waals surface area contributed by atoms with Crippen molar-refractivity contribution in [3.8, 4) is 28.7 Å². The summed E-state index contributed by atoms with van der Waals surface area (Å²) in [5, 5.41) is 6.50. The fourth-order valence-corrected chi connectivity index (χ4v) is 4.35. The fourth-order valence-electron chi connectivity index (χ4n) is 4.05. The number of aromatic nitrogens is 2. The molecule has 0 bridgehead atoms. The first-order valence-corrected chi connectivity index (χ1v) is 12.0. The minimum Gasteiger partial charge on any atom is -0.496 e. The number of hydrogen-bond acceptors (Lipinski definition) is 6. The van der Waals surface area contributed by atoms with Crippen LogP contribution in [-0.2, 0) is 0 Å². The fraction of sp³-hybridized carbons (Fsp3) is 0.0357. The van der Waals surface area contributed by atoms with Gasteiger partial charge in [0.25, 0.3) is 5.56 Å². The highest BCUT2D eigenvalue weighted by Gasteiger charge is 2.18. The van der Waals surface area contributed by atoms with Crippen LogP contribution in [0.5, 0.6) is 5.75 Å². The van der Waals surface area contributed by atoms with Crippen molar-refractivity contribution >= 4 is 51.3 Å². The number of benzene rings is 3. The van der Waals surface area contributed by atoms with Gasteiger partial charge in [0, 0.05) is 5.56 Å². The van der Waals surface area contributed by atoms with Crippen LogP contribution >= 0.6 is 23.2 Å². The molecule has 9 heteroatoms. The van der Waals surface area contributed by atoms with E-state index >= 15 is 0 Å². The molecule has 0 aliphatic rings. The summed E-state index contributed by atoms with van der Waals surface area (Å²) in [5.74, 6) is 2.27. The van der Waals surface area contributed by atoms with Crippen LogP contribution in [0.3, 0.4) is 0 Å². The van der Waals surface area contributed by atoms with Gasteiger partial charge in [-0.05, 0) is 60.7 Å². The predicted octanol–water partition coefficient (Wildman–Crippen LogP) is 7.27. The lowest BCUT2D eigenvalue weighted by Gasteiger charge is -2.06. The van der Waals surface area contributed by atoms with Crippen LogP contribution in [0.4, 0.5) is 0 Å². The van der Waals surface area contributed by atoms with E-state index in [-0.39, 0.29) is 11.4 Å². The zero-order valence-electron chi connectivity index (χ0n) is 19.3. The summed E-state index contributed by atoms with van der Waals surface area (Å²) in [6.45, 7) is 0. The van der Waals surface area contributed by atoms with Crippen molar-refractivity contribution in [2.45, 2.75) is 0 Å². The number of ether oxygens (including phenoxy) is 1. The maximum atomic E-state index is 13.5. The van der Waals surface area contributed by atoms with Gasteiger partial charge in [-0.15, -0.1) is 0 Å². The van der Waals surface area contributed by atoms with E-state index in [0.717, 1.165) is 10.9 Å². The third kappa shape index (κ3) is 4.18. The summed E-state index contributed by atoms with van der Waals surface area (Å²) in [5.41, 5.74) is 1.54. The standard InChI is InChI=1S/C28H17Cl2N3O4/c1-35-24-7-4-8-25-19(24)14-26(37-25)27-32-22-6-3-2-5-18(22)28(34)33(27)31-15-17-10-12-23(36-17)16-9-11-20(29)21(30)13-16/h2-15H,1H3. The van der Waals surface area contributed by atoms with E-state index in [4.69, 9.17) is 41.8 Å². The van der Waals surface area contributed by atoms with E-state index < -0.39 is 0 Å². The SMILES string of the molecule is COc1cccc2oc(-c3nc4ccccc4c(=O)n3N=Cc3ccc(-c4ccc(Cl)c(Cl)c4)o3)cc12. The van der Waals surface area contributed by atoms with Crippen molar-refractivity contribution in [2.24, 2.45) is 5.10 Å². The first kappa shape index (κ1) is 23.1. The molecular weight excluding hydrogens is 513 g/mol. The van der Waals surface area contributed by atoms with Gasteiger partial charge in [0.2, 0.25) is 5.82 Å². The maximum Gasteiger partial charge on any atom is 0.282 e. The van der Waals surface area contributed by atoms with E-state index in [2.05, 4.69) is 5.10 Å². The molecule has 6 rings (SSSR count). The molecule has 3 aromatic carbocycles. The molecule has 0 atom stereocenters. The van der Waals surface area contributed by atoms with Crippen LogP contribution in [0.2, 0.25) is 10.0 Å². The lowest BCUT2D eigenvalue weighted by atomic mass is 10.2. The number of nitrogens with zero attached hydrogens (tertiary/aromatic N) is 3. The van der Waals surface area contributed by atoms with Crippen LogP contribution < -0.4 is 10.3 Å². The molecule has 3 heterocycles. The molecule has 0 aliphatic carbocycles. The Labute approximate surface area is 220 Å². The summed E-state index contributed by atoms with van der Waals surface area (Å²) in [6, 6.07) is 23.1. The molecule has 0 radical (unpaired) electrons. The summed E-state index contributed by atoms with van der Waals surface area (Å²) in [6.07, 6.45) is 1.45. The number of methoxy groups -OCH3 is 1. The van der Waals surface area contributed by atoms with E-state index in [0.29, 0.717) is 49.6 Å². The molecule has 6 aromatic rings. The Morgan fingerprint density at radius 2 is 1.76 bits per heavy atom. The Morgan fingerprint density at radius 1 is 0.892 bits per heavy atom. The van der Waals surface area contributed by atoms with Gasteiger partial charge in [-0.25, -0.2) is 4.98 Å². The topological polar surface area (TPSA) is 82.8 Å². The van der Waals surface area contributed by atoms with Crippen molar-refractivity contribution in [3.63, 3.8) is 0 Å². The summed E-state index contributed by atoms with van der Waals surface area (Å²) >= 11 is 12.2. The highest BCUT2D eigenvalue weighted by atomic mass is 35.5. The second-order valence-corrected chi connectivity index (χ2v) is 8.94. The smallest absolute Gasteiger partial charge is 0.282 e. The molecule has 182 valence electrons. The number of hydrogen-bond donors (Lipinski definition) is 0. The van der Waals surface area contributed by atoms with E-state index in [1.807, 2.05) is 24.3 Å². The molecule has 0 unspecified atom stereocenters. The van der Waals surface area contributed by atoms with Crippen molar-refractivity contribution in [1.82, 2.24) is 9.66 Å². The van der Waals surface area contributed by atoms with Gasteiger partial charge in [0.15, 0.2) is 5.76 Å². The average molecular weight is 530 g/mol. The van der Waals surface area contributed by atoms with Gasteiger partial charge in [-0.2, -0.15) is 9.78 Å². The van der Waals surface area contributed by atoms with E-state index in [9.17, 15) is 4.79 Å². The van der Waals surface area contributed by atoms with Gasteiger partial charge in [-0.1, -0.05) is 41.4 Å². The second kappa shape index (κ2) is 9.28. The lowest BCUT2D eigenvalue weighted by Crippen LogP contribution is -2.20. The highest BCUT2D eigenvalue weighted by Crippen LogP contribution is 2.33. The Bertz CT molecular complexity index is 1880. The molecule has 0 fully saturated rings. The first-order valence-electron chi connectivity index (χ1n) is 11.2. The molecule has 7 nitrogen and oxygen atoms in total. The summed E-state index contributed by atoms with van der Waals surface area (Å²) in [4.78, 5) is 18.2. The molecular formula is C28H17Cl2N3O4. The normalized spacial score (nSPS) is 11.6. The zero-order valence-corrected chi connectivity index (χ0v) is 20.8. The third-order valence-corrected chi connectivity index (χ3v) is 6.59. The Hall–Kier alpha value is -4.33. The van der Waals surface area contributed by atoms with Gasteiger partial charge in [0.1, 0.15) is 22.9 Å². The van der Waals surface area contributed by atoms with Gasteiger partial charge >= 0.3 is 0 Å². The van der Waals surface area contributed by atoms with Crippen molar-refractivity contribution in [2.75, 3.05) is 7.11 Å². The van der Waals surface area contributed by atoms with Crippen LogP contribution in [0.15, 0.2) is 97.6 Å². The minimum atomic E-state index is -0.347. The molecule has 0 spiro atoms.